The Morgan fingerprint density at radius 1 is 1.35 bits per heavy atom. The van der Waals surface area contributed by atoms with Gasteiger partial charge >= 0.3 is 0 Å². The smallest absolute Gasteiger partial charge is 0.226 e. The second-order valence-corrected chi connectivity index (χ2v) is 6.52. The fourth-order valence-corrected chi connectivity index (χ4v) is 3.10. The predicted octanol–water partition coefficient (Wildman–Crippen LogP) is 3.08. The number of ether oxygens (including phenoxy) is 1. The van der Waals surface area contributed by atoms with Crippen LogP contribution in [-0.4, -0.2) is 36.5 Å². The standard InChI is InChI=1S/C18H28N2O2.ClH/c1-13-9-14(2)11-17(10-13)22-8-6-18(21)20-7-4-5-16(12-20)15(3)19;/h9-11,15-16H,4-8,12,19H2,1-3H3;1H. The number of aryl methyl sites for hydroxylation is 2. The lowest BCUT2D eigenvalue weighted by Crippen LogP contribution is -2.45. The van der Waals surface area contributed by atoms with E-state index in [1.807, 2.05) is 37.8 Å². The molecule has 0 spiro atoms. The molecule has 0 radical (unpaired) electrons. The summed E-state index contributed by atoms with van der Waals surface area (Å²) in [6.45, 7) is 8.20. The van der Waals surface area contributed by atoms with Crippen LogP contribution in [0.25, 0.3) is 0 Å². The lowest BCUT2D eigenvalue weighted by atomic mass is 9.92. The van der Waals surface area contributed by atoms with Gasteiger partial charge in [0.25, 0.3) is 0 Å². The van der Waals surface area contributed by atoms with Crippen LogP contribution in [-0.2, 0) is 4.79 Å². The molecule has 1 fully saturated rings. The van der Waals surface area contributed by atoms with Crippen LogP contribution in [0.15, 0.2) is 18.2 Å². The molecule has 4 nitrogen and oxygen atoms in total. The van der Waals surface area contributed by atoms with Crippen molar-refractivity contribution in [2.24, 2.45) is 11.7 Å². The molecule has 2 unspecified atom stereocenters. The van der Waals surface area contributed by atoms with E-state index in [1.54, 1.807) is 0 Å². The average Bonchev–Trinajstić information content (AvgIpc) is 2.46. The highest BCUT2D eigenvalue weighted by atomic mass is 35.5. The van der Waals surface area contributed by atoms with Crippen molar-refractivity contribution < 1.29 is 9.53 Å². The van der Waals surface area contributed by atoms with Crippen LogP contribution in [0.3, 0.4) is 0 Å². The minimum atomic E-state index is 0. The van der Waals surface area contributed by atoms with Crippen molar-refractivity contribution in [2.75, 3.05) is 19.7 Å². The van der Waals surface area contributed by atoms with Gasteiger partial charge in [-0.3, -0.25) is 4.79 Å². The highest BCUT2D eigenvalue weighted by Gasteiger charge is 2.25. The number of benzene rings is 1. The first-order valence-corrected chi connectivity index (χ1v) is 8.20. The van der Waals surface area contributed by atoms with Crippen LogP contribution < -0.4 is 10.5 Å². The zero-order valence-electron chi connectivity index (χ0n) is 14.4. The number of nitrogens with zero attached hydrogens (tertiary/aromatic N) is 1. The summed E-state index contributed by atoms with van der Waals surface area (Å²) in [5.41, 5.74) is 8.33. The van der Waals surface area contributed by atoms with E-state index in [4.69, 9.17) is 10.5 Å². The van der Waals surface area contributed by atoms with Crippen LogP contribution in [0.4, 0.5) is 0 Å². The Bertz CT molecular complexity index is 499. The maximum absolute atomic E-state index is 12.3. The summed E-state index contributed by atoms with van der Waals surface area (Å²) < 4.78 is 5.73. The third kappa shape index (κ3) is 6.04. The van der Waals surface area contributed by atoms with Gasteiger partial charge < -0.3 is 15.4 Å². The Balaban J connectivity index is 0.00000264. The molecule has 1 aromatic carbocycles. The van der Waals surface area contributed by atoms with Gasteiger partial charge in [0.05, 0.1) is 13.0 Å². The first-order chi connectivity index (χ1) is 10.5. The van der Waals surface area contributed by atoms with E-state index in [0.29, 0.717) is 18.9 Å². The number of hydrogen-bond acceptors (Lipinski definition) is 3. The number of nitrogens with two attached hydrogens (primary N) is 1. The van der Waals surface area contributed by atoms with Crippen molar-refractivity contribution >= 4 is 18.3 Å². The first kappa shape index (κ1) is 19.8. The van der Waals surface area contributed by atoms with Crippen molar-refractivity contribution in [2.45, 2.75) is 46.1 Å². The molecule has 2 rings (SSSR count). The lowest BCUT2D eigenvalue weighted by molar-refractivity contribution is -0.133. The van der Waals surface area contributed by atoms with E-state index in [-0.39, 0.29) is 24.4 Å². The molecular weight excluding hydrogens is 312 g/mol. The number of halogens is 1. The Kier molecular flexibility index (Phi) is 7.86. The van der Waals surface area contributed by atoms with Crippen LogP contribution >= 0.6 is 12.4 Å². The van der Waals surface area contributed by atoms with E-state index < -0.39 is 0 Å². The van der Waals surface area contributed by atoms with Gasteiger partial charge in [0.15, 0.2) is 0 Å². The van der Waals surface area contributed by atoms with Gasteiger partial charge in [0.1, 0.15) is 5.75 Å². The topological polar surface area (TPSA) is 55.6 Å². The van der Waals surface area contributed by atoms with Crippen molar-refractivity contribution in [3.63, 3.8) is 0 Å². The van der Waals surface area contributed by atoms with E-state index >= 15 is 0 Å². The summed E-state index contributed by atoms with van der Waals surface area (Å²) in [6.07, 6.45) is 2.61. The number of carbonyl (C=O) groups excluding carboxylic acids is 1. The normalized spacial score (nSPS) is 19.0. The monoisotopic (exact) mass is 340 g/mol. The number of likely N-dealkylation sites (tertiary alicyclic amines) is 1. The third-order valence-electron chi connectivity index (χ3n) is 4.33. The van der Waals surface area contributed by atoms with Gasteiger partial charge in [-0.15, -0.1) is 12.4 Å². The summed E-state index contributed by atoms with van der Waals surface area (Å²) in [6, 6.07) is 6.27. The fraction of sp³-hybridized carbons (Fsp3) is 0.611. The van der Waals surface area contributed by atoms with Gasteiger partial charge in [0, 0.05) is 19.1 Å². The number of hydrogen-bond donors (Lipinski definition) is 1. The molecule has 0 aliphatic carbocycles. The Morgan fingerprint density at radius 2 is 2.00 bits per heavy atom. The quantitative estimate of drug-likeness (QED) is 0.896. The molecule has 0 bridgehead atoms. The minimum absolute atomic E-state index is 0. The predicted molar refractivity (Wildman–Crippen MR) is 96.2 cm³/mol. The maximum atomic E-state index is 12.3. The van der Waals surface area contributed by atoms with Gasteiger partial charge in [-0.05, 0) is 62.8 Å². The molecule has 1 aliphatic heterocycles. The molecule has 1 heterocycles. The fourth-order valence-electron chi connectivity index (χ4n) is 3.10. The lowest BCUT2D eigenvalue weighted by Gasteiger charge is -2.34. The molecule has 0 aromatic heterocycles. The Hall–Kier alpha value is -1.26. The number of rotatable bonds is 5. The van der Waals surface area contributed by atoms with E-state index in [2.05, 4.69) is 6.07 Å². The van der Waals surface area contributed by atoms with Crippen LogP contribution in [0, 0.1) is 19.8 Å². The van der Waals surface area contributed by atoms with Crippen LogP contribution in [0.2, 0.25) is 0 Å². The van der Waals surface area contributed by atoms with E-state index in [9.17, 15) is 4.79 Å². The van der Waals surface area contributed by atoms with Crippen LogP contribution in [0.5, 0.6) is 5.75 Å². The number of amides is 1. The zero-order valence-corrected chi connectivity index (χ0v) is 15.2. The molecule has 1 saturated heterocycles. The summed E-state index contributed by atoms with van der Waals surface area (Å²) in [5.74, 6) is 1.45. The molecule has 2 N–H and O–H groups in total. The highest BCUT2D eigenvalue weighted by molar-refractivity contribution is 5.85. The SMILES string of the molecule is Cc1cc(C)cc(OCCC(=O)N2CCCC(C(C)N)C2)c1.Cl. The van der Waals surface area contributed by atoms with Crippen molar-refractivity contribution in [1.29, 1.82) is 0 Å². The molecule has 2 atom stereocenters. The molecule has 0 saturated carbocycles. The van der Waals surface area contributed by atoms with E-state index in [0.717, 1.165) is 31.7 Å². The summed E-state index contributed by atoms with van der Waals surface area (Å²) in [5, 5.41) is 0. The molecule has 1 amide bonds. The van der Waals surface area contributed by atoms with Gasteiger partial charge in [-0.2, -0.15) is 0 Å². The van der Waals surface area contributed by atoms with Crippen molar-refractivity contribution in [3.8, 4) is 5.75 Å². The second-order valence-electron chi connectivity index (χ2n) is 6.52. The molecule has 23 heavy (non-hydrogen) atoms. The Labute approximate surface area is 145 Å². The van der Waals surface area contributed by atoms with Gasteiger partial charge in [0.2, 0.25) is 5.91 Å². The summed E-state index contributed by atoms with van der Waals surface area (Å²) >= 11 is 0. The number of piperidine rings is 1. The third-order valence-corrected chi connectivity index (χ3v) is 4.33. The van der Waals surface area contributed by atoms with Crippen LogP contribution in [0.1, 0.15) is 37.3 Å². The molecule has 1 aliphatic rings. The van der Waals surface area contributed by atoms with E-state index in [1.165, 1.54) is 11.1 Å². The second kappa shape index (κ2) is 9.14. The summed E-state index contributed by atoms with van der Waals surface area (Å²) in [7, 11) is 0. The zero-order chi connectivity index (χ0) is 16.1. The summed E-state index contributed by atoms with van der Waals surface area (Å²) in [4.78, 5) is 14.2. The average molecular weight is 341 g/mol. The highest BCUT2D eigenvalue weighted by Crippen LogP contribution is 2.20. The Morgan fingerprint density at radius 3 is 2.61 bits per heavy atom. The molecular formula is C18H29ClN2O2. The van der Waals surface area contributed by atoms with Crippen molar-refractivity contribution in [3.05, 3.63) is 29.3 Å². The first-order valence-electron chi connectivity index (χ1n) is 8.20. The largest absolute Gasteiger partial charge is 0.493 e. The van der Waals surface area contributed by atoms with Gasteiger partial charge in [-0.25, -0.2) is 0 Å². The maximum Gasteiger partial charge on any atom is 0.226 e. The molecule has 5 heteroatoms. The molecule has 130 valence electrons. The van der Waals surface area contributed by atoms with Gasteiger partial charge in [-0.1, -0.05) is 6.07 Å². The van der Waals surface area contributed by atoms with Crippen molar-refractivity contribution in [1.82, 2.24) is 4.90 Å². The molecule has 1 aromatic rings. The minimum Gasteiger partial charge on any atom is -0.493 e. The number of carbonyl (C=O) groups is 1.